The number of rotatable bonds is 9. The van der Waals surface area contributed by atoms with E-state index < -0.39 is 0 Å². The van der Waals surface area contributed by atoms with E-state index in [1.54, 1.807) is 0 Å². The molecule has 1 aliphatic rings. The van der Waals surface area contributed by atoms with Crippen molar-refractivity contribution in [2.75, 3.05) is 13.2 Å². The maximum Gasteiger partial charge on any atom is 0.421 e. The highest BCUT2D eigenvalue weighted by molar-refractivity contribution is 5.71. The Kier molecular flexibility index (Phi) is 8.97. The number of nitrogens with zero attached hydrogens (tertiary/aromatic N) is 1. The van der Waals surface area contributed by atoms with Crippen molar-refractivity contribution in [3.63, 3.8) is 0 Å². The molecule has 19 heavy (non-hydrogen) atoms. The summed E-state index contributed by atoms with van der Waals surface area (Å²) in [5, 5.41) is 0. The van der Waals surface area contributed by atoms with E-state index in [1.165, 1.54) is 56.3 Å². The fourth-order valence-corrected chi connectivity index (χ4v) is 2.17. The third kappa shape index (κ3) is 7.77. The quantitative estimate of drug-likeness (QED) is 0.459. The summed E-state index contributed by atoms with van der Waals surface area (Å²) in [4.78, 5) is 12.6. The zero-order valence-electron chi connectivity index (χ0n) is 12.2. The second-order valence-electron chi connectivity index (χ2n) is 5.13. The molecule has 0 unspecified atom stereocenters. The fourth-order valence-electron chi connectivity index (χ4n) is 2.17. The monoisotopic (exact) mass is 265 g/mol. The molecule has 1 saturated heterocycles. The van der Waals surface area contributed by atoms with Crippen LogP contribution in [-0.4, -0.2) is 24.1 Å². The van der Waals surface area contributed by atoms with Gasteiger partial charge in [0, 0.05) is 12.5 Å². The second-order valence-corrected chi connectivity index (χ2v) is 5.13. The first-order valence-electron chi connectivity index (χ1n) is 7.77. The van der Waals surface area contributed by atoms with Gasteiger partial charge in [0.2, 0.25) is 0 Å². The van der Waals surface area contributed by atoms with Crippen molar-refractivity contribution < 1.29 is 9.53 Å². The Hall–Kier alpha value is -1.17. The summed E-state index contributed by atoms with van der Waals surface area (Å²) in [5.74, 6) is 3.05. The highest BCUT2D eigenvalue weighted by Gasteiger charge is 2.19. The lowest BCUT2D eigenvalue weighted by Gasteiger charge is -2.01. The molecule has 0 aromatic heterocycles. The standard InChI is InChI=1S/C16H27NO2/c1-2-3-4-5-6-7-8-9-10-11-12-13-17-14-15-19-16(17)18/h2-11,14-15H2,1H3. The van der Waals surface area contributed by atoms with Crippen LogP contribution in [0.2, 0.25) is 0 Å². The Morgan fingerprint density at radius 1 is 1.05 bits per heavy atom. The molecule has 1 rings (SSSR count). The summed E-state index contributed by atoms with van der Waals surface area (Å²) in [7, 11) is 0. The molecular formula is C16H27NO2. The van der Waals surface area contributed by atoms with Gasteiger partial charge in [-0.2, -0.15) is 0 Å². The Labute approximate surface area is 117 Å². The maximum atomic E-state index is 11.1. The van der Waals surface area contributed by atoms with E-state index in [4.69, 9.17) is 4.74 Å². The zero-order valence-corrected chi connectivity index (χ0v) is 12.2. The van der Waals surface area contributed by atoms with Crippen LogP contribution in [0.3, 0.4) is 0 Å². The van der Waals surface area contributed by atoms with Gasteiger partial charge in [-0.3, -0.25) is 0 Å². The first-order chi connectivity index (χ1) is 9.34. The molecule has 0 aromatic carbocycles. The Morgan fingerprint density at radius 3 is 2.26 bits per heavy atom. The van der Waals surface area contributed by atoms with Crippen molar-refractivity contribution in [1.82, 2.24) is 4.90 Å². The molecule has 0 radical (unpaired) electrons. The Morgan fingerprint density at radius 2 is 1.68 bits per heavy atom. The minimum Gasteiger partial charge on any atom is -0.447 e. The smallest absolute Gasteiger partial charge is 0.421 e. The van der Waals surface area contributed by atoms with Gasteiger partial charge < -0.3 is 4.74 Å². The van der Waals surface area contributed by atoms with Gasteiger partial charge in [-0.05, 0) is 6.42 Å². The van der Waals surface area contributed by atoms with Crippen molar-refractivity contribution in [3.05, 3.63) is 0 Å². The van der Waals surface area contributed by atoms with E-state index in [9.17, 15) is 4.79 Å². The normalized spacial score (nSPS) is 14.2. The molecule has 0 aromatic rings. The molecule has 1 amide bonds. The van der Waals surface area contributed by atoms with Crippen LogP contribution < -0.4 is 0 Å². The predicted octanol–water partition coefficient (Wildman–Crippen LogP) is 4.32. The van der Waals surface area contributed by atoms with Gasteiger partial charge in [-0.25, -0.2) is 9.69 Å². The molecule has 1 aliphatic heterocycles. The van der Waals surface area contributed by atoms with Gasteiger partial charge in [-0.1, -0.05) is 64.2 Å². The first-order valence-corrected chi connectivity index (χ1v) is 7.77. The molecule has 1 fully saturated rings. The van der Waals surface area contributed by atoms with E-state index in [0.717, 1.165) is 12.8 Å². The highest BCUT2D eigenvalue weighted by atomic mass is 16.6. The number of unbranched alkanes of at least 4 members (excludes halogenated alkanes) is 9. The molecule has 1 heterocycles. The number of amides is 1. The van der Waals surface area contributed by atoms with E-state index in [1.807, 2.05) is 0 Å². The van der Waals surface area contributed by atoms with Gasteiger partial charge in [-0.15, -0.1) is 0 Å². The first kappa shape index (κ1) is 15.9. The van der Waals surface area contributed by atoms with Crippen molar-refractivity contribution in [2.45, 2.75) is 71.1 Å². The van der Waals surface area contributed by atoms with Crippen LogP contribution in [0.5, 0.6) is 0 Å². The SMILES string of the molecule is CCCCCCCCCCCC#CN1CCOC1=O. The largest absolute Gasteiger partial charge is 0.447 e. The van der Waals surface area contributed by atoms with Crippen molar-refractivity contribution in [3.8, 4) is 12.0 Å². The summed E-state index contributed by atoms with van der Waals surface area (Å²) in [6.45, 7) is 3.35. The Balaban J connectivity index is 1.86. The van der Waals surface area contributed by atoms with Gasteiger partial charge in [0.1, 0.15) is 6.61 Å². The number of carbonyl (C=O) groups is 1. The molecule has 108 valence electrons. The van der Waals surface area contributed by atoms with Gasteiger partial charge in [0.25, 0.3) is 0 Å². The van der Waals surface area contributed by atoms with Crippen LogP contribution in [0.1, 0.15) is 71.1 Å². The second kappa shape index (κ2) is 10.7. The summed E-state index contributed by atoms with van der Waals surface area (Å²) in [5.41, 5.74) is 0. The molecular weight excluding hydrogens is 238 g/mol. The highest BCUT2D eigenvalue weighted by Crippen LogP contribution is 2.10. The predicted molar refractivity (Wildman–Crippen MR) is 77.7 cm³/mol. The van der Waals surface area contributed by atoms with E-state index in [-0.39, 0.29) is 6.09 Å². The lowest BCUT2D eigenvalue weighted by Crippen LogP contribution is -2.17. The third-order valence-electron chi connectivity index (χ3n) is 3.38. The van der Waals surface area contributed by atoms with Crippen LogP contribution in [0.4, 0.5) is 4.79 Å². The van der Waals surface area contributed by atoms with Crippen molar-refractivity contribution in [2.24, 2.45) is 0 Å². The van der Waals surface area contributed by atoms with E-state index >= 15 is 0 Å². The van der Waals surface area contributed by atoms with Gasteiger partial charge in [0.05, 0.1) is 6.54 Å². The minimum absolute atomic E-state index is 0.292. The average molecular weight is 265 g/mol. The van der Waals surface area contributed by atoms with E-state index in [2.05, 4.69) is 18.9 Å². The van der Waals surface area contributed by atoms with Crippen LogP contribution in [0.25, 0.3) is 0 Å². The number of carbonyl (C=O) groups excluding carboxylic acids is 1. The molecule has 3 heteroatoms. The minimum atomic E-state index is -0.292. The van der Waals surface area contributed by atoms with Crippen molar-refractivity contribution in [1.29, 1.82) is 0 Å². The number of hydrogen-bond acceptors (Lipinski definition) is 2. The summed E-state index contributed by atoms with van der Waals surface area (Å²) < 4.78 is 4.80. The maximum absolute atomic E-state index is 11.1. The lowest BCUT2D eigenvalue weighted by molar-refractivity contribution is 0.167. The van der Waals surface area contributed by atoms with E-state index in [0.29, 0.717) is 13.2 Å². The zero-order chi connectivity index (χ0) is 13.8. The van der Waals surface area contributed by atoms with Gasteiger partial charge >= 0.3 is 6.09 Å². The molecule has 0 atom stereocenters. The summed E-state index contributed by atoms with van der Waals surface area (Å²) in [6.07, 6.45) is 12.5. The molecule has 0 saturated carbocycles. The third-order valence-corrected chi connectivity index (χ3v) is 3.38. The average Bonchev–Trinajstić information content (AvgIpc) is 2.82. The molecule has 3 nitrogen and oxygen atoms in total. The molecule has 0 spiro atoms. The number of cyclic esters (lactones) is 1. The van der Waals surface area contributed by atoms with Crippen LogP contribution in [0, 0.1) is 12.0 Å². The van der Waals surface area contributed by atoms with Gasteiger partial charge in [0.15, 0.2) is 0 Å². The lowest BCUT2D eigenvalue weighted by atomic mass is 10.1. The summed E-state index contributed by atoms with van der Waals surface area (Å²) >= 11 is 0. The van der Waals surface area contributed by atoms with Crippen LogP contribution in [-0.2, 0) is 4.74 Å². The molecule has 0 N–H and O–H groups in total. The molecule has 0 bridgehead atoms. The molecule has 0 aliphatic carbocycles. The van der Waals surface area contributed by atoms with Crippen LogP contribution in [0.15, 0.2) is 0 Å². The van der Waals surface area contributed by atoms with Crippen LogP contribution >= 0.6 is 0 Å². The Bertz CT molecular complexity index is 304. The topological polar surface area (TPSA) is 29.5 Å². The number of ether oxygens (including phenoxy) is 1. The summed E-state index contributed by atoms with van der Waals surface area (Å²) in [6, 6.07) is 2.87. The van der Waals surface area contributed by atoms with Crippen molar-refractivity contribution >= 4 is 6.09 Å². The number of hydrogen-bond donors (Lipinski definition) is 0. The fraction of sp³-hybridized carbons (Fsp3) is 0.812.